The Hall–Kier alpha value is -0.440. The SMILES string of the molecule is NC(CSC1CCCC1SCC(N)C(=O)O)C(=O)O. The van der Waals surface area contributed by atoms with E-state index in [1.165, 1.54) is 0 Å². The molecule has 4 unspecified atom stereocenters. The molecule has 1 rings (SSSR count). The fourth-order valence-corrected chi connectivity index (χ4v) is 4.90. The largest absolute Gasteiger partial charge is 0.480 e. The summed E-state index contributed by atoms with van der Waals surface area (Å²) in [7, 11) is 0. The Morgan fingerprint density at radius 2 is 1.37 bits per heavy atom. The van der Waals surface area contributed by atoms with Gasteiger partial charge in [0.25, 0.3) is 0 Å². The van der Waals surface area contributed by atoms with Gasteiger partial charge in [0.05, 0.1) is 0 Å². The highest BCUT2D eigenvalue weighted by molar-refractivity contribution is 8.03. The number of nitrogens with two attached hydrogens (primary N) is 2. The monoisotopic (exact) mass is 308 g/mol. The Bertz CT molecular complexity index is 300. The number of hydrogen-bond donors (Lipinski definition) is 4. The van der Waals surface area contributed by atoms with Crippen molar-refractivity contribution in [3.63, 3.8) is 0 Å². The van der Waals surface area contributed by atoms with Gasteiger partial charge in [0.15, 0.2) is 0 Å². The number of rotatable bonds is 8. The molecule has 1 aliphatic rings. The van der Waals surface area contributed by atoms with Gasteiger partial charge >= 0.3 is 11.9 Å². The summed E-state index contributed by atoms with van der Waals surface area (Å²) in [4.78, 5) is 21.3. The molecule has 1 aliphatic carbocycles. The molecule has 8 heteroatoms. The smallest absolute Gasteiger partial charge is 0.321 e. The topological polar surface area (TPSA) is 127 Å². The summed E-state index contributed by atoms with van der Waals surface area (Å²) >= 11 is 3.15. The van der Waals surface area contributed by atoms with E-state index >= 15 is 0 Å². The Morgan fingerprint density at radius 3 is 1.68 bits per heavy atom. The average Bonchev–Trinajstić information content (AvgIpc) is 2.79. The van der Waals surface area contributed by atoms with Crippen molar-refractivity contribution in [3.8, 4) is 0 Å². The molecule has 1 fully saturated rings. The highest BCUT2D eigenvalue weighted by Gasteiger charge is 2.30. The third-order valence-corrected chi connectivity index (χ3v) is 6.27. The summed E-state index contributed by atoms with van der Waals surface area (Å²) in [6.45, 7) is 0. The van der Waals surface area contributed by atoms with Crippen molar-refractivity contribution in [1.29, 1.82) is 0 Å². The predicted octanol–water partition coefficient (Wildman–Crippen LogP) is 0.198. The maximum absolute atomic E-state index is 10.7. The number of carboxylic acids is 2. The van der Waals surface area contributed by atoms with E-state index < -0.39 is 24.0 Å². The van der Waals surface area contributed by atoms with Crippen LogP contribution in [0.3, 0.4) is 0 Å². The maximum atomic E-state index is 10.7. The van der Waals surface area contributed by atoms with E-state index in [2.05, 4.69) is 0 Å². The number of carbonyl (C=O) groups is 2. The van der Waals surface area contributed by atoms with Crippen LogP contribution in [-0.4, -0.2) is 56.2 Å². The van der Waals surface area contributed by atoms with Crippen molar-refractivity contribution >= 4 is 35.5 Å². The lowest BCUT2D eigenvalue weighted by molar-refractivity contribution is -0.138. The zero-order chi connectivity index (χ0) is 14.4. The minimum atomic E-state index is -0.984. The fourth-order valence-electron chi connectivity index (χ4n) is 1.87. The van der Waals surface area contributed by atoms with Gasteiger partial charge in [-0.3, -0.25) is 9.59 Å². The van der Waals surface area contributed by atoms with E-state index in [9.17, 15) is 9.59 Å². The van der Waals surface area contributed by atoms with Crippen LogP contribution in [-0.2, 0) is 9.59 Å². The van der Waals surface area contributed by atoms with Crippen molar-refractivity contribution in [2.75, 3.05) is 11.5 Å². The third kappa shape index (κ3) is 5.60. The average molecular weight is 308 g/mol. The van der Waals surface area contributed by atoms with Crippen LogP contribution in [0.1, 0.15) is 19.3 Å². The van der Waals surface area contributed by atoms with E-state index in [0.29, 0.717) is 22.0 Å². The molecule has 110 valence electrons. The van der Waals surface area contributed by atoms with E-state index in [1.807, 2.05) is 0 Å². The van der Waals surface area contributed by atoms with Crippen molar-refractivity contribution < 1.29 is 19.8 Å². The number of thioether (sulfide) groups is 2. The standard InChI is InChI=1S/C11H20N2O4S2/c12-6(10(14)15)4-18-8-2-1-3-9(8)19-5-7(13)11(16)17/h6-9H,1-5,12-13H2,(H,14,15)(H,16,17). The molecule has 1 saturated carbocycles. The first-order valence-electron chi connectivity index (χ1n) is 6.11. The lowest BCUT2D eigenvalue weighted by atomic mass is 10.3. The minimum absolute atomic E-state index is 0.344. The molecular formula is C11H20N2O4S2. The number of aliphatic carboxylic acids is 2. The third-order valence-electron chi connectivity index (χ3n) is 3.01. The van der Waals surface area contributed by atoms with Crippen LogP contribution in [0.5, 0.6) is 0 Å². The zero-order valence-electron chi connectivity index (χ0n) is 10.5. The molecular weight excluding hydrogens is 288 g/mol. The quantitative estimate of drug-likeness (QED) is 0.501. The minimum Gasteiger partial charge on any atom is -0.480 e. The molecule has 0 aromatic carbocycles. The van der Waals surface area contributed by atoms with Crippen molar-refractivity contribution in [1.82, 2.24) is 0 Å². The van der Waals surface area contributed by atoms with E-state index in [0.717, 1.165) is 19.3 Å². The molecule has 6 nitrogen and oxygen atoms in total. The lowest BCUT2D eigenvalue weighted by Crippen LogP contribution is -2.35. The molecule has 0 spiro atoms. The molecule has 0 aromatic heterocycles. The summed E-state index contributed by atoms with van der Waals surface area (Å²) in [6, 6.07) is -1.67. The van der Waals surface area contributed by atoms with Gasteiger partial charge in [0, 0.05) is 22.0 Å². The van der Waals surface area contributed by atoms with Crippen LogP contribution in [0.4, 0.5) is 0 Å². The summed E-state index contributed by atoms with van der Waals surface area (Å²) in [5.41, 5.74) is 11.0. The van der Waals surface area contributed by atoms with Crippen LogP contribution in [0, 0.1) is 0 Å². The first kappa shape index (κ1) is 16.6. The second kappa shape index (κ2) is 7.98. The van der Waals surface area contributed by atoms with Gasteiger partial charge in [-0.1, -0.05) is 6.42 Å². The maximum Gasteiger partial charge on any atom is 0.321 e. The van der Waals surface area contributed by atoms with Crippen LogP contribution in [0.25, 0.3) is 0 Å². The Balaban J connectivity index is 2.33. The summed E-state index contributed by atoms with van der Waals surface area (Å²) in [6.07, 6.45) is 3.13. The van der Waals surface area contributed by atoms with Crippen molar-refractivity contribution in [2.24, 2.45) is 11.5 Å². The van der Waals surface area contributed by atoms with E-state index in [4.69, 9.17) is 21.7 Å². The fraction of sp³-hybridized carbons (Fsp3) is 0.818. The molecule has 0 bridgehead atoms. The van der Waals surface area contributed by atoms with Gasteiger partial charge in [0.2, 0.25) is 0 Å². The molecule has 19 heavy (non-hydrogen) atoms. The normalized spacial score (nSPS) is 26.0. The van der Waals surface area contributed by atoms with Crippen molar-refractivity contribution in [2.45, 2.75) is 41.8 Å². The summed E-state index contributed by atoms with van der Waals surface area (Å²) in [5.74, 6) is -1.19. The van der Waals surface area contributed by atoms with Crippen molar-refractivity contribution in [3.05, 3.63) is 0 Å². The summed E-state index contributed by atoms with van der Waals surface area (Å²) < 4.78 is 0. The molecule has 6 N–H and O–H groups in total. The van der Waals surface area contributed by atoms with E-state index in [1.54, 1.807) is 23.5 Å². The predicted molar refractivity (Wildman–Crippen MR) is 77.6 cm³/mol. The van der Waals surface area contributed by atoms with Gasteiger partial charge in [-0.25, -0.2) is 0 Å². The molecule has 0 heterocycles. The van der Waals surface area contributed by atoms with Crippen LogP contribution in [0.15, 0.2) is 0 Å². The van der Waals surface area contributed by atoms with E-state index in [-0.39, 0.29) is 0 Å². The van der Waals surface area contributed by atoms with Crippen LogP contribution >= 0.6 is 23.5 Å². The molecule has 0 aliphatic heterocycles. The molecule has 0 saturated heterocycles. The lowest BCUT2D eigenvalue weighted by Gasteiger charge is -2.20. The van der Waals surface area contributed by atoms with Gasteiger partial charge in [-0.05, 0) is 12.8 Å². The second-order valence-electron chi connectivity index (χ2n) is 4.56. The molecule has 0 aromatic rings. The molecule has 0 radical (unpaired) electrons. The van der Waals surface area contributed by atoms with Gasteiger partial charge in [-0.15, -0.1) is 0 Å². The summed E-state index contributed by atoms with van der Waals surface area (Å²) in [5, 5.41) is 18.2. The highest BCUT2D eigenvalue weighted by Crippen LogP contribution is 2.38. The van der Waals surface area contributed by atoms with Crippen LogP contribution in [0.2, 0.25) is 0 Å². The van der Waals surface area contributed by atoms with Gasteiger partial charge in [-0.2, -0.15) is 23.5 Å². The molecule has 4 atom stereocenters. The first-order chi connectivity index (χ1) is 8.91. The Kier molecular flexibility index (Phi) is 6.98. The highest BCUT2D eigenvalue weighted by atomic mass is 32.2. The number of carboxylic acid groups (broad SMARTS) is 2. The van der Waals surface area contributed by atoms with Crippen LogP contribution < -0.4 is 11.5 Å². The number of hydrogen-bond acceptors (Lipinski definition) is 6. The first-order valence-corrected chi connectivity index (χ1v) is 8.21. The van der Waals surface area contributed by atoms with Gasteiger partial charge < -0.3 is 21.7 Å². The zero-order valence-corrected chi connectivity index (χ0v) is 12.2. The Morgan fingerprint density at radius 1 is 1.00 bits per heavy atom. The molecule has 0 amide bonds. The Labute approximate surface area is 120 Å². The van der Waals surface area contributed by atoms with Gasteiger partial charge in [0.1, 0.15) is 12.1 Å². The second-order valence-corrected chi connectivity index (χ2v) is 7.11.